The Morgan fingerprint density at radius 3 is 2.06 bits per heavy atom. The lowest BCUT2D eigenvalue weighted by molar-refractivity contribution is -0.124. The van der Waals surface area contributed by atoms with Crippen molar-refractivity contribution in [1.82, 2.24) is 10.2 Å². The molecule has 4 rings (SSSR count). The average molecular weight is 412 g/mol. The number of hydrogen-bond donors (Lipinski definition) is 1. The van der Waals surface area contributed by atoms with E-state index in [2.05, 4.69) is 5.32 Å². The molecule has 1 N–H and O–H groups in total. The number of amides is 2. The minimum Gasteiger partial charge on any atom is -0.293 e. The van der Waals surface area contributed by atoms with E-state index in [1.807, 2.05) is 65.6 Å². The van der Waals surface area contributed by atoms with Crippen molar-refractivity contribution in [3.05, 3.63) is 96.1 Å². The Bertz CT molecular complexity index is 1060. The molecule has 0 bridgehead atoms. The summed E-state index contributed by atoms with van der Waals surface area (Å²) in [6.45, 7) is 0.813. The van der Waals surface area contributed by atoms with E-state index in [4.69, 9.17) is 0 Å². The molecule has 5 heteroatoms. The zero-order valence-electron chi connectivity index (χ0n) is 17.2. The molecule has 1 aliphatic rings. The van der Waals surface area contributed by atoms with Crippen molar-refractivity contribution in [3.8, 4) is 11.1 Å². The predicted molar refractivity (Wildman–Crippen MR) is 120 cm³/mol. The van der Waals surface area contributed by atoms with Gasteiger partial charge in [0.25, 0.3) is 5.91 Å². The molecule has 1 aliphatic heterocycles. The highest BCUT2D eigenvalue weighted by Crippen LogP contribution is 2.21. The summed E-state index contributed by atoms with van der Waals surface area (Å²) in [5.74, 6) is -0.799. The Hall–Kier alpha value is -3.57. The Labute approximate surface area is 181 Å². The number of ketones is 1. The van der Waals surface area contributed by atoms with E-state index in [0.29, 0.717) is 24.1 Å². The molecule has 2 amide bonds. The number of nitrogens with one attached hydrogen (secondary N) is 1. The highest BCUT2D eigenvalue weighted by Gasteiger charge is 2.33. The van der Waals surface area contributed by atoms with Crippen molar-refractivity contribution in [2.45, 2.75) is 18.9 Å². The predicted octanol–water partition coefficient (Wildman–Crippen LogP) is 3.96. The molecule has 156 valence electrons. The fourth-order valence-electron chi connectivity index (χ4n) is 3.92. The maximum Gasteiger partial charge on any atom is 0.257 e. The van der Waals surface area contributed by atoms with Gasteiger partial charge >= 0.3 is 0 Å². The van der Waals surface area contributed by atoms with Crippen LogP contribution in [0.1, 0.15) is 33.6 Å². The number of nitrogens with zero attached hydrogens (tertiary/aromatic N) is 1. The zero-order valence-corrected chi connectivity index (χ0v) is 17.2. The number of Topliss-reactive ketones (excluding diaryl/α,β-unsaturated/α-hetero) is 1. The van der Waals surface area contributed by atoms with Crippen LogP contribution < -0.4 is 5.32 Å². The number of hydrogen-bond acceptors (Lipinski definition) is 4. The van der Waals surface area contributed by atoms with Crippen LogP contribution in [-0.4, -0.2) is 41.6 Å². The van der Waals surface area contributed by atoms with E-state index in [1.54, 1.807) is 24.3 Å². The molecule has 0 aromatic heterocycles. The normalized spacial score (nSPS) is 16.1. The first kappa shape index (κ1) is 20.7. The van der Waals surface area contributed by atoms with Crippen LogP contribution in [0, 0.1) is 0 Å². The molecule has 0 aliphatic carbocycles. The molecule has 0 unspecified atom stereocenters. The van der Waals surface area contributed by atoms with Crippen molar-refractivity contribution in [2.24, 2.45) is 0 Å². The lowest BCUT2D eigenvalue weighted by Gasteiger charge is -2.22. The molecule has 31 heavy (non-hydrogen) atoms. The van der Waals surface area contributed by atoms with Gasteiger partial charge in [-0.25, -0.2) is 0 Å². The van der Waals surface area contributed by atoms with Crippen LogP contribution in [0.3, 0.4) is 0 Å². The van der Waals surface area contributed by atoms with E-state index in [1.165, 1.54) is 0 Å². The van der Waals surface area contributed by atoms with Crippen LogP contribution in [-0.2, 0) is 4.79 Å². The summed E-state index contributed by atoms with van der Waals surface area (Å²) in [6, 6.07) is 25.7. The van der Waals surface area contributed by atoms with Gasteiger partial charge in [-0.3, -0.25) is 24.6 Å². The number of likely N-dealkylation sites (tertiary alicyclic amines) is 1. The van der Waals surface area contributed by atoms with Crippen LogP contribution in [0.2, 0.25) is 0 Å². The van der Waals surface area contributed by atoms with E-state index < -0.39 is 11.9 Å². The lowest BCUT2D eigenvalue weighted by atomic mass is 10.0. The maximum atomic E-state index is 12.8. The highest BCUT2D eigenvalue weighted by atomic mass is 16.2. The molecule has 3 aromatic carbocycles. The fraction of sp³-hybridized carbons (Fsp3) is 0.192. The Kier molecular flexibility index (Phi) is 6.34. The third-order valence-corrected chi connectivity index (χ3v) is 5.60. The molecule has 1 atom stereocenters. The summed E-state index contributed by atoms with van der Waals surface area (Å²) in [7, 11) is 0. The van der Waals surface area contributed by atoms with Crippen LogP contribution in [0.5, 0.6) is 0 Å². The zero-order chi connectivity index (χ0) is 21.6. The maximum absolute atomic E-state index is 12.8. The first-order valence-corrected chi connectivity index (χ1v) is 10.4. The van der Waals surface area contributed by atoms with Gasteiger partial charge in [0.2, 0.25) is 5.91 Å². The average Bonchev–Trinajstić information content (AvgIpc) is 3.28. The monoisotopic (exact) mass is 412 g/mol. The molecule has 0 saturated carbocycles. The summed E-state index contributed by atoms with van der Waals surface area (Å²) < 4.78 is 0. The largest absolute Gasteiger partial charge is 0.293 e. The number of benzene rings is 3. The lowest BCUT2D eigenvalue weighted by Crippen LogP contribution is -2.46. The number of carbonyl (C=O) groups excluding carboxylic acids is 3. The molecule has 5 nitrogen and oxygen atoms in total. The van der Waals surface area contributed by atoms with Crippen molar-refractivity contribution in [3.63, 3.8) is 0 Å². The molecular formula is C26H24N2O3. The van der Waals surface area contributed by atoms with Crippen LogP contribution in [0.4, 0.5) is 0 Å². The van der Waals surface area contributed by atoms with Gasteiger partial charge < -0.3 is 0 Å². The second-order valence-corrected chi connectivity index (χ2v) is 7.68. The van der Waals surface area contributed by atoms with Gasteiger partial charge in [-0.1, -0.05) is 72.8 Å². The SMILES string of the molecule is O=C(CN1CCC[C@@H]1C(=O)NC(=O)c1ccccc1)c1ccc(-c2ccccc2)cc1. The molecular weight excluding hydrogens is 388 g/mol. The van der Waals surface area contributed by atoms with Gasteiger partial charge in [-0.15, -0.1) is 0 Å². The van der Waals surface area contributed by atoms with E-state index in [9.17, 15) is 14.4 Å². The standard InChI is InChI=1S/C26H24N2O3/c29-24(21-15-13-20(14-16-21)19-8-3-1-4-9-19)18-28-17-7-12-23(28)26(31)27-25(30)22-10-5-2-6-11-22/h1-6,8-11,13-16,23H,7,12,17-18H2,(H,27,30,31)/t23-/m1/s1. The van der Waals surface area contributed by atoms with Gasteiger partial charge in [0.1, 0.15) is 0 Å². The first-order chi connectivity index (χ1) is 15.1. The summed E-state index contributed by atoms with van der Waals surface area (Å²) in [5.41, 5.74) is 3.21. The minimum absolute atomic E-state index is 0.0336. The molecule has 0 radical (unpaired) electrons. The number of imide groups is 1. The fourth-order valence-corrected chi connectivity index (χ4v) is 3.92. The summed E-state index contributed by atoms with van der Waals surface area (Å²) in [5, 5.41) is 2.48. The third-order valence-electron chi connectivity index (χ3n) is 5.60. The first-order valence-electron chi connectivity index (χ1n) is 10.4. The van der Waals surface area contributed by atoms with E-state index in [0.717, 1.165) is 17.5 Å². The van der Waals surface area contributed by atoms with E-state index in [-0.39, 0.29) is 18.2 Å². The molecule has 3 aromatic rings. The topological polar surface area (TPSA) is 66.5 Å². The smallest absolute Gasteiger partial charge is 0.257 e. The van der Waals surface area contributed by atoms with Crippen molar-refractivity contribution >= 4 is 17.6 Å². The quantitative estimate of drug-likeness (QED) is 0.492. The van der Waals surface area contributed by atoms with Crippen LogP contribution in [0.15, 0.2) is 84.9 Å². The second-order valence-electron chi connectivity index (χ2n) is 7.68. The van der Waals surface area contributed by atoms with Crippen molar-refractivity contribution in [1.29, 1.82) is 0 Å². The number of rotatable bonds is 6. The van der Waals surface area contributed by atoms with Gasteiger partial charge in [0.15, 0.2) is 5.78 Å². The summed E-state index contributed by atoms with van der Waals surface area (Å²) in [6.07, 6.45) is 1.45. The van der Waals surface area contributed by atoms with Gasteiger partial charge in [-0.05, 0) is 42.6 Å². The molecule has 1 saturated heterocycles. The van der Waals surface area contributed by atoms with Crippen molar-refractivity contribution < 1.29 is 14.4 Å². The van der Waals surface area contributed by atoms with Gasteiger partial charge in [-0.2, -0.15) is 0 Å². The summed E-state index contributed by atoms with van der Waals surface area (Å²) in [4.78, 5) is 39.6. The van der Waals surface area contributed by atoms with Crippen LogP contribution >= 0.6 is 0 Å². The van der Waals surface area contributed by atoms with Gasteiger partial charge in [0, 0.05) is 11.1 Å². The Morgan fingerprint density at radius 1 is 0.774 bits per heavy atom. The second kappa shape index (κ2) is 9.49. The Balaban J connectivity index is 1.38. The Morgan fingerprint density at radius 2 is 1.39 bits per heavy atom. The van der Waals surface area contributed by atoms with Gasteiger partial charge in [0.05, 0.1) is 12.6 Å². The molecule has 1 fully saturated rings. The molecule has 0 spiro atoms. The minimum atomic E-state index is -0.472. The van der Waals surface area contributed by atoms with Crippen molar-refractivity contribution in [2.75, 3.05) is 13.1 Å². The summed E-state index contributed by atoms with van der Waals surface area (Å²) >= 11 is 0. The molecule has 1 heterocycles. The highest BCUT2D eigenvalue weighted by molar-refractivity contribution is 6.06. The number of carbonyl (C=O) groups is 3. The van der Waals surface area contributed by atoms with E-state index >= 15 is 0 Å². The third kappa shape index (κ3) is 4.95. The van der Waals surface area contributed by atoms with Crippen LogP contribution in [0.25, 0.3) is 11.1 Å².